The van der Waals surface area contributed by atoms with Crippen molar-refractivity contribution < 1.29 is 23.3 Å². The number of esters is 1. The highest BCUT2D eigenvalue weighted by molar-refractivity contribution is 5.94. The van der Waals surface area contributed by atoms with E-state index in [0.29, 0.717) is 5.76 Å². The molecule has 0 saturated heterocycles. The van der Waals surface area contributed by atoms with Gasteiger partial charge in [-0.05, 0) is 32.4 Å². The number of carbonyl (C=O) groups excluding carboxylic acids is 2. The van der Waals surface area contributed by atoms with Crippen molar-refractivity contribution in [1.29, 1.82) is 0 Å². The number of hydrogen-bond acceptors (Lipinski definition) is 6. The van der Waals surface area contributed by atoms with Crippen molar-refractivity contribution in [3.05, 3.63) is 47.4 Å². The molecule has 0 bridgehead atoms. The average Bonchev–Trinajstić information content (AvgIpc) is 3.13. The largest absolute Gasteiger partial charge is 0.464 e. The predicted octanol–water partition coefficient (Wildman–Crippen LogP) is 3.15. The van der Waals surface area contributed by atoms with Gasteiger partial charge >= 0.3 is 5.97 Å². The molecule has 25 heavy (non-hydrogen) atoms. The van der Waals surface area contributed by atoms with E-state index in [-0.39, 0.29) is 12.2 Å². The Morgan fingerprint density at radius 3 is 2.80 bits per heavy atom. The minimum absolute atomic E-state index is 0.0246. The minimum Gasteiger partial charge on any atom is -0.464 e. The number of nitrogens with zero attached hydrogens (tertiary/aromatic N) is 1. The van der Waals surface area contributed by atoms with Crippen LogP contribution in [0.25, 0.3) is 11.0 Å². The number of fused-ring (bicyclic) bond motifs is 1. The fourth-order valence-electron chi connectivity index (χ4n) is 2.43. The second kappa shape index (κ2) is 6.80. The first-order chi connectivity index (χ1) is 11.9. The summed E-state index contributed by atoms with van der Waals surface area (Å²) >= 11 is 0. The van der Waals surface area contributed by atoms with Crippen LogP contribution in [-0.4, -0.2) is 23.1 Å². The maximum atomic E-state index is 12.1. The molecule has 0 fully saturated rings. The van der Waals surface area contributed by atoms with E-state index in [1.54, 1.807) is 13.0 Å². The highest BCUT2D eigenvalue weighted by Crippen LogP contribution is 2.23. The number of nitrogens with one attached hydrogen (secondary N) is 1. The lowest BCUT2D eigenvalue weighted by molar-refractivity contribution is -0.152. The van der Waals surface area contributed by atoms with Gasteiger partial charge in [0.1, 0.15) is 11.3 Å². The highest BCUT2D eigenvalue weighted by Gasteiger charge is 2.20. The summed E-state index contributed by atoms with van der Waals surface area (Å²) < 4.78 is 15.5. The molecule has 2 heterocycles. The quantitative estimate of drug-likeness (QED) is 0.716. The average molecular weight is 342 g/mol. The Kier molecular flexibility index (Phi) is 4.56. The number of ether oxygens (including phenoxy) is 1. The summed E-state index contributed by atoms with van der Waals surface area (Å²) in [4.78, 5) is 24.1. The van der Waals surface area contributed by atoms with E-state index in [1.807, 2.05) is 25.1 Å². The summed E-state index contributed by atoms with van der Waals surface area (Å²) in [5.41, 5.74) is 2.51. The second-order valence-corrected chi connectivity index (χ2v) is 5.88. The molecule has 3 aromatic rings. The van der Waals surface area contributed by atoms with E-state index in [2.05, 4.69) is 10.5 Å². The third kappa shape index (κ3) is 3.88. The lowest BCUT2D eigenvalue weighted by Gasteiger charge is -2.11. The molecule has 7 heteroatoms. The first-order valence-corrected chi connectivity index (χ1v) is 7.83. The van der Waals surface area contributed by atoms with Crippen LogP contribution in [0.4, 0.5) is 5.82 Å². The number of amides is 1. The van der Waals surface area contributed by atoms with E-state index in [9.17, 15) is 9.59 Å². The zero-order chi connectivity index (χ0) is 18.0. The molecule has 2 aromatic heterocycles. The van der Waals surface area contributed by atoms with Crippen molar-refractivity contribution in [2.24, 2.45) is 0 Å². The molecule has 0 unspecified atom stereocenters. The fraction of sp³-hybridized carbons (Fsp3) is 0.278. The van der Waals surface area contributed by atoms with Gasteiger partial charge in [-0.15, -0.1) is 0 Å². The normalized spacial score (nSPS) is 12.1. The summed E-state index contributed by atoms with van der Waals surface area (Å²) in [6.45, 7) is 5.17. The zero-order valence-electron chi connectivity index (χ0n) is 14.2. The predicted molar refractivity (Wildman–Crippen MR) is 90.1 cm³/mol. The minimum atomic E-state index is -0.954. The smallest absolute Gasteiger partial charge is 0.311 e. The van der Waals surface area contributed by atoms with Crippen molar-refractivity contribution in [2.45, 2.75) is 33.3 Å². The van der Waals surface area contributed by atoms with E-state index in [1.165, 1.54) is 13.2 Å². The van der Waals surface area contributed by atoms with Gasteiger partial charge in [-0.2, -0.15) is 0 Å². The molecule has 1 atom stereocenters. The Labute approximate surface area is 143 Å². The van der Waals surface area contributed by atoms with Gasteiger partial charge < -0.3 is 19.0 Å². The van der Waals surface area contributed by atoms with Crippen LogP contribution in [0.2, 0.25) is 0 Å². The summed E-state index contributed by atoms with van der Waals surface area (Å²) in [6, 6.07) is 7.33. The van der Waals surface area contributed by atoms with Crippen LogP contribution >= 0.6 is 0 Å². The summed E-state index contributed by atoms with van der Waals surface area (Å²) in [6.07, 6.45) is 0.607. The lowest BCUT2D eigenvalue weighted by Crippen LogP contribution is -2.30. The molecule has 0 radical (unpaired) electrons. The lowest BCUT2D eigenvalue weighted by atomic mass is 10.1. The van der Waals surface area contributed by atoms with Gasteiger partial charge in [-0.1, -0.05) is 17.3 Å². The van der Waals surface area contributed by atoms with Gasteiger partial charge in [-0.25, -0.2) is 0 Å². The van der Waals surface area contributed by atoms with Gasteiger partial charge in [0.15, 0.2) is 11.9 Å². The second-order valence-electron chi connectivity index (χ2n) is 5.88. The van der Waals surface area contributed by atoms with Gasteiger partial charge in [0.2, 0.25) is 0 Å². The molecule has 7 nitrogen and oxygen atoms in total. The molecule has 0 aliphatic rings. The zero-order valence-corrected chi connectivity index (χ0v) is 14.2. The van der Waals surface area contributed by atoms with Gasteiger partial charge in [-0.3, -0.25) is 9.59 Å². The molecule has 130 valence electrons. The SMILES string of the molecule is Cc1ccc2c(CC(=O)O[C@@H](C)C(=O)Nc3cc(C)on3)coc2c1. The number of aromatic nitrogens is 1. The van der Waals surface area contributed by atoms with Crippen LogP contribution in [0.1, 0.15) is 23.8 Å². The first-order valence-electron chi connectivity index (χ1n) is 7.83. The molecule has 1 N–H and O–H groups in total. The molecule has 0 saturated carbocycles. The van der Waals surface area contributed by atoms with Crippen molar-refractivity contribution in [3.63, 3.8) is 0 Å². The van der Waals surface area contributed by atoms with Crippen LogP contribution in [0, 0.1) is 13.8 Å². The summed E-state index contributed by atoms with van der Waals surface area (Å²) in [5.74, 6) is -0.139. The fourth-order valence-corrected chi connectivity index (χ4v) is 2.43. The van der Waals surface area contributed by atoms with E-state index in [4.69, 9.17) is 13.7 Å². The van der Waals surface area contributed by atoms with Crippen LogP contribution in [0.15, 0.2) is 39.5 Å². The first kappa shape index (κ1) is 16.8. The standard InChI is InChI=1S/C18H18N2O5/c1-10-4-5-14-13(9-23-15(14)6-10)8-17(21)24-12(3)18(22)19-16-7-11(2)25-20-16/h4-7,9,12H,8H2,1-3H3,(H,19,20,22)/t12-/m0/s1. The number of carbonyl (C=O) groups is 2. The highest BCUT2D eigenvalue weighted by atomic mass is 16.5. The third-order valence-electron chi connectivity index (χ3n) is 3.70. The molecule has 1 amide bonds. The molecular weight excluding hydrogens is 324 g/mol. The summed E-state index contributed by atoms with van der Waals surface area (Å²) in [5, 5.41) is 7.04. The number of furan rings is 1. The number of aryl methyl sites for hydroxylation is 2. The van der Waals surface area contributed by atoms with Crippen LogP contribution < -0.4 is 5.32 Å². The third-order valence-corrected chi connectivity index (χ3v) is 3.70. The summed E-state index contributed by atoms with van der Waals surface area (Å²) in [7, 11) is 0. The topological polar surface area (TPSA) is 94.6 Å². The Balaban J connectivity index is 1.60. The number of anilines is 1. The molecule has 0 aliphatic heterocycles. The molecule has 3 rings (SSSR count). The van der Waals surface area contributed by atoms with E-state index < -0.39 is 18.0 Å². The van der Waals surface area contributed by atoms with Crippen molar-refractivity contribution in [2.75, 3.05) is 5.32 Å². The van der Waals surface area contributed by atoms with Crippen molar-refractivity contribution in [1.82, 2.24) is 5.16 Å². The Morgan fingerprint density at radius 2 is 2.08 bits per heavy atom. The Morgan fingerprint density at radius 1 is 1.28 bits per heavy atom. The molecular formula is C18H18N2O5. The Bertz CT molecular complexity index is 925. The van der Waals surface area contributed by atoms with Gasteiger partial charge in [0, 0.05) is 17.0 Å². The number of benzene rings is 1. The van der Waals surface area contributed by atoms with Gasteiger partial charge in [0.25, 0.3) is 5.91 Å². The van der Waals surface area contributed by atoms with Crippen LogP contribution in [0.5, 0.6) is 0 Å². The molecule has 0 aliphatic carbocycles. The molecule has 1 aromatic carbocycles. The maximum Gasteiger partial charge on any atom is 0.311 e. The maximum absolute atomic E-state index is 12.1. The van der Waals surface area contributed by atoms with Gasteiger partial charge in [0.05, 0.1) is 12.7 Å². The monoisotopic (exact) mass is 342 g/mol. The molecule has 0 spiro atoms. The Hall–Kier alpha value is -3.09. The van der Waals surface area contributed by atoms with Crippen LogP contribution in [-0.2, 0) is 20.7 Å². The van der Waals surface area contributed by atoms with E-state index >= 15 is 0 Å². The van der Waals surface area contributed by atoms with Crippen molar-refractivity contribution in [3.8, 4) is 0 Å². The number of rotatable bonds is 5. The van der Waals surface area contributed by atoms with E-state index in [0.717, 1.165) is 22.1 Å². The van der Waals surface area contributed by atoms with Crippen molar-refractivity contribution >= 4 is 28.7 Å². The van der Waals surface area contributed by atoms with Crippen LogP contribution in [0.3, 0.4) is 0 Å². The number of hydrogen-bond donors (Lipinski definition) is 1.